The third-order valence-electron chi connectivity index (χ3n) is 10.0. The minimum atomic E-state index is -1.69. The van der Waals surface area contributed by atoms with Crippen LogP contribution in [0.5, 0.6) is 11.5 Å². The quantitative estimate of drug-likeness (QED) is 0.271. The molecule has 4 N–H and O–H groups in total. The minimum Gasteiger partial charge on any atom is -0.508 e. The number of nitrogens with one attached hydrogen (secondary N) is 1. The number of nitrogens with two attached hydrogens (primary N) is 1. The Labute approximate surface area is 272 Å². The molecule has 7 rings (SSSR count). The highest BCUT2D eigenvalue weighted by Gasteiger charge is 2.70. The van der Waals surface area contributed by atoms with Crippen molar-refractivity contribution in [2.45, 2.75) is 24.2 Å². The number of phenolic OH excluding ortho intramolecular Hbond substituents is 1. The second kappa shape index (κ2) is 10.9. The predicted octanol–water partition coefficient (Wildman–Crippen LogP) is 4.26. The van der Waals surface area contributed by atoms with Crippen molar-refractivity contribution in [1.82, 2.24) is 9.91 Å². The number of primary amides is 1. The maximum atomic E-state index is 15.0. The number of urea groups is 1. The van der Waals surface area contributed by atoms with E-state index in [0.29, 0.717) is 26.8 Å². The molecule has 0 unspecified atom stereocenters. The maximum absolute atomic E-state index is 15.0. The van der Waals surface area contributed by atoms with Crippen LogP contribution in [0.25, 0.3) is 0 Å². The molecule has 6 atom stereocenters. The molecule has 4 aliphatic rings. The third-order valence-corrected chi connectivity index (χ3v) is 10.3. The summed E-state index contributed by atoms with van der Waals surface area (Å²) in [5, 5.41) is 12.7. The van der Waals surface area contributed by atoms with E-state index in [1.807, 2.05) is 0 Å². The number of ether oxygens (including phenoxy) is 1. The van der Waals surface area contributed by atoms with Gasteiger partial charge in [-0.2, -0.15) is 9.91 Å². The second-order valence-electron chi connectivity index (χ2n) is 12.1. The minimum absolute atomic E-state index is 0.0470. The Balaban J connectivity index is 1.49. The highest BCUT2D eigenvalue weighted by molar-refractivity contribution is 6.30. The van der Waals surface area contributed by atoms with Crippen LogP contribution < -0.4 is 15.9 Å². The Morgan fingerprint density at radius 3 is 2.36 bits per heavy atom. The van der Waals surface area contributed by atoms with Crippen LogP contribution in [-0.4, -0.2) is 51.8 Å². The molecule has 0 aromatic heterocycles. The Bertz CT molecular complexity index is 1900. The van der Waals surface area contributed by atoms with Gasteiger partial charge in [-0.15, -0.1) is 0 Å². The fourth-order valence-corrected chi connectivity index (χ4v) is 8.23. The van der Waals surface area contributed by atoms with Gasteiger partial charge in [0.05, 0.1) is 36.0 Å². The number of carbonyl (C=O) groups excluding carboxylic acids is 5. The number of allylic oxidation sites excluding steroid dienone is 2. The van der Waals surface area contributed by atoms with Gasteiger partial charge in [-0.1, -0.05) is 35.4 Å². The van der Waals surface area contributed by atoms with Crippen molar-refractivity contribution in [3.63, 3.8) is 0 Å². The van der Waals surface area contributed by atoms with Crippen molar-refractivity contribution in [1.29, 1.82) is 0 Å². The van der Waals surface area contributed by atoms with Crippen LogP contribution in [-0.2, 0) is 24.6 Å². The molecule has 0 radical (unpaired) electrons. The first-order valence-corrected chi connectivity index (χ1v) is 15.3. The molecule has 2 aliphatic carbocycles. The lowest BCUT2D eigenvalue weighted by Gasteiger charge is -2.50. The molecule has 11 nitrogen and oxygen atoms in total. The number of phenols is 1. The standard InChI is InChI=1S/C34H28ClFN4O7/c1-47-20-10-13-26(41)24(14-20)28-21-11-12-22-27(31(44)39(29(22)42)33(37)46)23(21)15-25-30(43)40(38-19-8-6-18(36)7-9-19)32(45)34(25,28)16-2-4-17(35)5-3-16/h2-11,13-14,22-23,25,27-28,38,41H,12,15H2,1H3,(H2,37,46)/t22-,23+,25-,27-,28+,34+/m0/s1. The number of amides is 6. The molecule has 3 aromatic carbocycles. The molecule has 2 aliphatic heterocycles. The summed E-state index contributed by atoms with van der Waals surface area (Å²) < 4.78 is 19.2. The van der Waals surface area contributed by atoms with Crippen LogP contribution in [0.4, 0.5) is 14.9 Å². The molecule has 13 heteroatoms. The van der Waals surface area contributed by atoms with Gasteiger partial charge in [0, 0.05) is 16.5 Å². The SMILES string of the molecule is COc1ccc(O)c([C@H]2C3=CC[C@@H]4C(=O)N(C(N)=O)C(=O)[C@@H]4[C@@H]3C[C@H]3C(=O)N(Nc4ccc(F)cc4)C(=O)[C@@]23c2ccc(Cl)cc2)c1. The fraction of sp³-hybridized carbons (Fsp3) is 0.265. The Kier molecular flexibility index (Phi) is 7.08. The number of hydrogen-bond donors (Lipinski definition) is 3. The number of benzene rings is 3. The Morgan fingerprint density at radius 2 is 1.70 bits per heavy atom. The van der Waals surface area contributed by atoms with Crippen molar-refractivity contribution < 1.29 is 38.2 Å². The molecule has 2 saturated heterocycles. The summed E-state index contributed by atoms with van der Waals surface area (Å²) in [5.74, 6) is -8.00. The normalized spacial score (nSPS) is 28.1. The van der Waals surface area contributed by atoms with E-state index >= 15 is 4.79 Å². The van der Waals surface area contributed by atoms with Crippen LogP contribution in [0.3, 0.4) is 0 Å². The van der Waals surface area contributed by atoms with Gasteiger partial charge in [-0.05, 0) is 78.9 Å². The number of likely N-dealkylation sites (tertiary alicyclic amines) is 1. The maximum Gasteiger partial charge on any atom is 0.328 e. The average Bonchev–Trinajstić information content (AvgIpc) is 3.44. The molecule has 240 valence electrons. The van der Waals surface area contributed by atoms with Crippen LogP contribution in [0.2, 0.25) is 5.02 Å². The average molecular weight is 659 g/mol. The molecular formula is C34H28ClFN4O7. The van der Waals surface area contributed by atoms with E-state index in [0.717, 1.165) is 5.01 Å². The lowest BCUT2D eigenvalue weighted by atomic mass is 9.49. The van der Waals surface area contributed by atoms with Gasteiger partial charge in [-0.25, -0.2) is 9.18 Å². The summed E-state index contributed by atoms with van der Waals surface area (Å²) in [7, 11) is 1.45. The summed E-state index contributed by atoms with van der Waals surface area (Å²) in [5.41, 5.74) is 8.10. The number of hydrogen-bond acceptors (Lipinski definition) is 8. The van der Waals surface area contributed by atoms with Crippen molar-refractivity contribution in [3.8, 4) is 11.5 Å². The molecular weight excluding hydrogens is 631 g/mol. The molecule has 47 heavy (non-hydrogen) atoms. The van der Waals surface area contributed by atoms with Crippen LogP contribution in [0, 0.1) is 29.5 Å². The zero-order valence-electron chi connectivity index (χ0n) is 24.9. The van der Waals surface area contributed by atoms with Gasteiger partial charge in [0.25, 0.3) is 11.8 Å². The van der Waals surface area contributed by atoms with E-state index in [9.17, 15) is 28.7 Å². The van der Waals surface area contributed by atoms with Crippen LogP contribution in [0.1, 0.15) is 29.9 Å². The van der Waals surface area contributed by atoms with E-state index in [2.05, 4.69) is 5.43 Å². The number of methoxy groups -OCH3 is 1. The van der Waals surface area contributed by atoms with Crippen LogP contribution in [0.15, 0.2) is 78.4 Å². The zero-order valence-corrected chi connectivity index (χ0v) is 25.6. The number of rotatable bonds is 5. The fourth-order valence-electron chi connectivity index (χ4n) is 8.11. The molecule has 2 heterocycles. The van der Waals surface area contributed by atoms with Gasteiger partial charge in [0.1, 0.15) is 17.3 Å². The first-order valence-electron chi connectivity index (χ1n) is 14.9. The van der Waals surface area contributed by atoms with Crippen molar-refractivity contribution in [2.75, 3.05) is 12.5 Å². The molecule has 0 spiro atoms. The van der Waals surface area contributed by atoms with Gasteiger partial charge >= 0.3 is 6.03 Å². The predicted molar refractivity (Wildman–Crippen MR) is 165 cm³/mol. The zero-order chi connectivity index (χ0) is 33.4. The highest BCUT2D eigenvalue weighted by atomic mass is 35.5. The summed E-state index contributed by atoms with van der Waals surface area (Å²) >= 11 is 6.28. The second-order valence-corrected chi connectivity index (χ2v) is 12.6. The molecule has 1 saturated carbocycles. The van der Waals surface area contributed by atoms with Crippen molar-refractivity contribution in [2.24, 2.45) is 29.4 Å². The summed E-state index contributed by atoms with van der Waals surface area (Å²) in [6, 6.07) is 15.0. The molecule has 6 amide bonds. The Morgan fingerprint density at radius 1 is 1.00 bits per heavy atom. The summed E-state index contributed by atoms with van der Waals surface area (Å²) in [6.07, 6.45) is 1.79. The topological polar surface area (TPSA) is 159 Å². The van der Waals surface area contributed by atoms with E-state index in [-0.39, 0.29) is 29.8 Å². The van der Waals surface area contributed by atoms with Crippen molar-refractivity contribution in [3.05, 3.63) is 100 Å². The Hall–Kier alpha value is -5.23. The lowest BCUT2D eigenvalue weighted by Crippen LogP contribution is -2.53. The van der Waals surface area contributed by atoms with E-state index in [1.165, 1.54) is 37.4 Å². The van der Waals surface area contributed by atoms with Gasteiger partial charge < -0.3 is 15.6 Å². The number of fused-ring (bicyclic) bond motifs is 4. The number of anilines is 1. The summed E-state index contributed by atoms with van der Waals surface area (Å²) in [4.78, 5) is 69.2. The van der Waals surface area contributed by atoms with Crippen molar-refractivity contribution >= 4 is 46.9 Å². The largest absolute Gasteiger partial charge is 0.508 e. The van der Waals surface area contributed by atoms with E-state index < -0.39 is 70.5 Å². The third kappa shape index (κ3) is 4.34. The number of nitrogens with zero attached hydrogens (tertiary/aromatic N) is 2. The van der Waals surface area contributed by atoms with Crippen LogP contribution >= 0.6 is 11.6 Å². The van der Waals surface area contributed by atoms with Gasteiger partial charge in [-0.3, -0.25) is 24.6 Å². The van der Waals surface area contributed by atoms with Gasteiger partial charge in [0.15, 0.2) is 0 Å². The summed E-state index contributed by atoms with van der Waals surface area (Å²) in [6.45, 7) is 0. The highest BCUT2D eigenvalue weighted by Crippen LogP contribution is 2.65. The molecule has 3 aromatic rings. The van der Waals surface area contributed by atoms with Gasteiger partial charge in [0.2, 0.25) is 11.8 Å². The first-order chi connectivity index (χ1) is 22.5. The lowest BCUT2D eigenvalue weighted by molar-refractivity contribution is -0.139. The first kappa shape index (κ1) is 30.4. The number of aromatic hydroxyl groups is 1. The number of hydrazine groups is 1. The van der Waals surface area contributed by atoms with E-state index in [4.69, 9.17) is 22.1 Å². The number of carbonyl (C=O) groups is 5. The molecule has 3 fully saturated rings. The number of imide groups is 4. The monoisotopic (exact) mass is 658 g/mol. The molecule has 0 bridgehead atoms. The smallest absolute Gasteiger partial charge is 0.328 e. The number of halogens is 2. The van der Waals surface area contributed by atoms with E-state index in [1.54, 1.807) is 42.5 Å².